The average Bonchev–Trinajstić information content (AvgIpc) is 2.90. The number of benzene rings is 3. The number of hydrogen-bond donors (Lipinski definition) is 1. The van der Waals surface area contributed by atoms with Gasteiger partial charge in [-0.3, -0.25) is 4.79 Å². The van der Waals surface area contributed by atoms with Gasteiger partial charge in [0.2, 0.25) is 15.9 Å². The highest BCUT2D eigenvalue weighted by Gasteiger charge is 2.38. The van der Waals surface area contributed by atoms with Crippen molar-refractivity contribution in [1.29, 1.82) is 0 Å². The van der Waals surface area contributed by atoms with Gasteiger partial charge in [-0.05, 0) is 65.4 Å². The molecule has 206 valence electrons. The van der Waals surface area contributed by atoms with Crippen molar-refractivity contribution in [2.24, 2.45) is 5.73 Å². The molecule has 4 rings (SSSR count). The van der Waals surface area contributed by atoms with Crippen LogP contribution in [0.1, 0.15) is 39.5 Å². The predicted molar refractivity (Wildman–Crippen MR) is 140 cm³/mol. The minimum absolute atomic E-state index is 0.0133. The van der Waals surface area contributed by atoms with Crippen LogP contribution in [0.3, 0.4) is 0 Å². The Labute approximate surface area is 228 Å². The molecule has 1 aliphatic heterocycles. The number of alkyl halides is 4. The van der Waals surface area contributed by atoms with Crippen LogP contribution in [0.15, 0.2) is 66.7 Å². The van der Waals surface area contributed by atoms with Gasteiger partial charge in [0.05, 0.1) is 16.9 Å². The van der Waals surface area contributed by atoms with E-state index in [9.17, 15) is 31.2 Å². The van der Waals surface area contributed by atoms with Gasteiger partial charge in [-0.15, -0.1) is 11.6 Å². The fourth-order valence-electron chi connectivity index (χ4n) is 4.51. The number of carbonyl (C=O) groups is 2. The lowest BCUT2D eigenvalue weighted by molar-refractivity contribution is -0.137. The Morgan fingerprint density at radius 1 is 1.05 bits per heavy atom. The highest BCUT2D eigenvalue weighted by atomic mass is 35.5. The van der Waals surface area contributed by atoms with Crippen LogP contribution in [0.4, 0.5) is 13.2 Å². The lowest BCUT2D eigenvalue weighted by Gasteiger charge is -2.34. The molecule has 3 aromatic rings. The van der Waals surface area contributed by atoms with Gasteiger partial charge in [0, 0.05) is 12.4 Å². The zero-order valence-corrected chi connectivity index (χ0v) is 22.0. The second-order valence-electron chi connectivity index (χ2n) is 8.90. The van der Waals surface area contributed by atoms with Crippen molar-refractivity contribution in [3.8, 4) is 16.9 Å². The molecule has 1 amide bonds. The van der Waals surface area contributed by atoms with Gasteiger partial charge in [0.1, 0.15) is 11.8 Å². The number of esters is 1. The fourth-order valence-corrected chi connectivity index (χ4v) is 6.45. The van der Waals surface area contributed by atoms with Crippen LogP contribution in [0.25, 0.3) is 11.1 Å². The summed E-state index contributed by atoms with van der Waals surface area (Å²) in [6, 6.07) is 14.1. The Bertz CT molecular complexity index is 1490. The fraction of sp³-hybridized carbons (Fsp3) is 0.259. The maximum absolute atomic E-state index is 13.1. The summed E-state index contributed by atoms with van der Waals surface area (Å²) in [5.41, 5.74) is 6.70. The van der Waals surface area contributed by atoms with Gasteiger partial charge >= 0.3 is 12.1 Å². The summed E-state index contributed by atoms with van der Waals surface area (Å²) in [4.78, 5) is 25.4. The Balaban J connectivity index is 1.59. The average molecular weight is 581 g/mol. The summed E-state index contributed by atoms with van der Waals surface area (Å²) >= 11 is 5.64. The van der Waals surface area contributed by atoms with Crippen molar-refractivity contribution in [1.82, 2.24) is 4.31 Å². The van der Waals surface area contributed by atoms with Crippen molar-refractivity contribution in [2.45, 2.75) is 25.1 Å². The van der Waals surface area contributed by atoms with E-state index in [4.69, 9.17) is 22.1 Å². The molecule has 12 heteroatoms. The number of hydrogen-bond acceptors (Lipinski definition) is 5. The third kappa shape index (κ3) is 6.26. The third-order valence-electron chi connectivity index (χ3n) is 6.34. The van der Waals surface area contributed by atoms with E-state index in [1.54, 1.807) is 24.3 Å². The number of halogens is 4. The molecular formula is C27H24ClF3N2O5S. The summed E-state index contributed by atoms with van der Waals surface area (Å²) in [7, 11) is -3.79. The molecule has 0 aliphatic carbocycles. The second-order valence-corrected chi connectivity index (χ2v) is 11.3. The Morgan fingerprint density at radius 3 is 2.38 bits per heavy atom. The number of rotatable bonds is 8. The number of amides is 1. The minimum atomic E-state index is -4.48. The van der Waals surface area contributed by atoms with Crippen molar-refractivity contribution in [3.63, 3.8) is 0 Å². The highest BCUT2D eigenvalue weighted by molar-refractivity contribution is 7.89. The summed E-state index contributed by atoms with van der Waals surface area (Å²) in [5.74, 6) is -1.48. The van der Waals surface area contributed by atoms with Gasteiger partial charge in [-0.2, -0.15) is 17.5 Å². The normalized spacial score (nSPS) is 15.9. The zero-order valence-electron chi connectivity index (χ0n) is 20.4. The molecule has 0 bridgehead atoms. The topological polar surface area (TPSA) is 107 Å². The van der Waals surface area contributed by atoms with Crippen molar-refractivity contribution in [3.05, 3.63) is 89.0 Å². The van der Waals surface area contributed by atoms with Gasteiger partial charge in [0.15, 0.2) is 0 Å². The van der Waals surface area contributed by atoms with Gasteiger partial charge < -0.3 is 10.5 Å². The first kappa shape index (κ1) is 28.6. The molecule has 0 saturated carbocycles. The number of sulfonamides is 1. The zero-order chi connectivity index (χ0) is 28.4. The maximum atomic E-state index is 13.1. The predicted octanol–water partition coefficient (Wildman–Crippen LogP) is 4.93. The molecule has 1 atom stereocenters. The maximum Gasteiger partial charge on any atom is 0.416 e. The van der Waals surface area contributed by atoms with Gasteiger partial charge in [-0.1, -0.05) is 36.4 Å². The standard InChI is InChI=1S/C27H24ClF3N2O5S/c28-13-3-15-39(36,37)33-14-12-18-16-20(10-11-22(18)24(33)25(32)34)38-26(35)23-5-2-1-4-21(23)17-6-8-19(9-7-17)27(29,30)31/h1-2,4-11,16,24H,3,12-15H2,(H2,32,34). The van der Waals surface area contributed by atoms with Crippen LogP contribution < -0.4 is 10.5 Å². The molecule has 2 N–H and O–H groups in total. The van der Waals surface area contributed by atoms with Crippen molar-refractivity contribution in [2.75, 3.05) is 18.2 Å². The molecule has 1 unspecified atom stereocenters. The molecule has 39 heavy (non-hydrogen) atoms. The Kier molecular flexibility index (Phi) is 8.34. The van der Waals surface area contributed by atoms with E-state index in [-0.39, 0.29) is 42.3 Å². The van der Waals surface area contributed by atoms with Crippen LogP contribution in [0.2, 0.25) is 0 Å². The van der Waals surface area contributed by atoms with Crippen molar-refractivity contribution < 1.29 is 35.9 Å². The van der Waals surface area contributed by atoms with E-state index in [1.807, 2.05) is 0 Å². The molecular weight excluding hydrogens is 557 g/mol. The van der Waals surface area contributed by atoms with E-state index < -0.39 is 39.7 Å². The van der Waals surface area contributed by atoms with E-state index in [2.05, 4.69) is 0 Å². The smallest absolute Gasteiger partial charge is 0.416 e. The van der Waals surface area contributed by atoms with Crippen LogP contribution in [-0.4, -0.2) is 42.8 Å². The Morgan fingerprint density at radius 2 is 1.74 bits per heavy atom. The number of nitrogens with zero attached hydrogens (tertiary/aromatic N) is 1. The molecule has 0 aromatic heterocycles. The molecule has 1 heterocycles. The molecule has 0 fully saturated rings. The number of nitrogens with two attached hydrogens (primary N) is 1. The lowest BCUT2D eigenvalue weighted by Crippen LogP contribution is -2.46. The molecule has 0 radical (unpaired) electrons. The number of carbonyl (C=O) groups excluding carboxylic acids is 2. The van der Waals surface area contributed by atoms with Gasteiger partial charge in [-0.25, -0.2) is 13.2 Å². The van der Waals surface area contributed by atoms with Crippen LogP contribution in [0, 0.1) is 0 Å². The number of primary amides is 1. The first-order valence-corrected chi connectivity index (χ1v) is 14.0. The van der Waals surface area contributed by atoms with E-state index >= 15 is 0 Å². The summed E-state index contributed by atoms with van der Waals surface area (Å²) in [6.07, 6.45) is -4.00. The Hall–Kier alpha value is -3.41. The third-order valence-corrected chi connectivity index (χ3v) is 8.52. The lowest BCUT2D eigenvalue weighted by atomic mass is 9.93. The number of fused-ring (bicyclic) bond motifs is 1. The summed E-state index contributed by atoms with van der Waals surface area (Å²) < 4.78 is 71.1. The molecule has 1 aliphatic rings. The van der Waals surface area contributed by atoms with E-state index in [1.165, 1.54) is 30.3 Å². The minimum Gasteiger partial charge on any atom is -0.423 e. The largest absolute Gasteiger partial charge is 0.423 e. The summed E-state index contributed by atoms with van der Waals surface area (Å²) in [6.45, 7) is 0.0133. The monoisotopic (exact) mass is 580 g/mol. The van der Waals surface area contributed by atoms with Crippen LogP contribution >= 0.6 is 11.6 Å². The first-order chi connectivity index (χ1) is 18.4. The molecule has 0 saturated heterocycles. The first-order valence-electron chi connectivity index (χ1n) is 11.9. The molecule has 7 nitrogen and oxygen atoms in total. The van der Waals surface area contributed by atoms with Crippen molar-refractivity contribution >= 4 is 33.5 Å². The number of ether oxygens (including phenoxy) is 1. The van der Waals surface area contributed by atoms with E-state index in [0.717, 1.165) is 16.4 Å². The SMILES string of the molecule is NC(=O)C1c2ccc(OC(=O)c3ccccc3-c3ccc(C(F)(F)F)cc3)cc2CCN1S(=O)(=O)CCCCl. The van der Waals surface area contributed by atoms with Crippen LogP contribution in [0.5, 0.6) is 5.75 Å². The van der Waals surface area contributed by atoms with Crippen LogP contribution in [-0.2, 0) is 27.4 Å². The van der Waals surface area contributed by atoms with Gasteiger partial charge in [0.25, 0.3) is 0 Å². The molecule has 3 aromatic carbocycles. The highest BCUT2D eigenvalue weighted by Crippen LogP contribution is 2.35. The quantitative estimate of drug-likeness (QED) is 0.231. The van der Waals surface area contributed by atoms with E-state index in [0.29, 0.717) is 22.3 Å². The summed E-state index contributed by atoms with van der Waals surface area (Å²) in [5, 5.41) is 0. The second kappa shape index (κ2) is 11.4. The molecule has 0 spiro atoms.